The monoisotopic (exact) mass is 250 g/mol. The lowest BCUT2D eigenvalue weighted by molar-refractivity contribution is 0.0701. The van der Waals surface area contributed by atoms with Gasteiger partial charge in [0.25, 0.3) is 0 Å². The molecule has 0 fully saturated rings. The quantitative estimate of drug-likeness (QED) is 0.559. The summed E-state index contributed by atoms with van der Waals surface area (Å²) in [5, 5.41) is 12.4. The number of benzene rings is 3. The van der Waals surface area contributed by atoms with Gasteiger partial charge in [-0.05, 0) is 33.7 Å². The maximum atomic E-state index is 11.5. The summed E-state index contributed by atoms with van der Waals surface area (Å²) >= 11 is 0. The van der Waals surface area contributed by atoms with Gasteiger partial charge in [0.1, 0.15) is 6.29 Å². The molecule has 0 atom stereocenters. The van der Waals surface area contributed by atoms with Crippen LogP contribution in [0.2, 0.25) is 0 Å². The molecule has 3 aromatic carbocycles. The van der Waals surface area contributed by atoms with Crippen molar-refractivity contribution in [2.75, 3.05) is 0 Å². The Balaban J connectivity index is 2.54. The average Bonchev–Trinajstić information content (AvgIpc) is 2.43. The van der Waals surface area contributed by atoms with Crippen molar-refractivity contribution in [3.8, 4) is 0 Å². The van der Waals surface area contributed by atoms with E-state index in [1.54, 1.807) is 24.3 Å². The third-order valence-corrected chi connectivity index (χ3v) is 3.24. The van der Waals surface area contributed by atoms with Crippen LogP contribution in [0.4, 0.5) is 0 Å². The van der Waals surface area contributed by atoms with Crippen LogP contribution in [0.5, 0.6) is 0 Å². The molecule has 3 heteroatoms. The highest BCUT2D eigenvalue weighted by Gasteiger charge is 2.13. The van der Waals surface area contributed by atoms with E-state index in [0.29, 0.717) is 16.3 Å². The number of carbonyl (C=O) groups excluding carboxylic acids is 1. The Hall–Kier alpha value is -2.68. The summed E-state index contributed by atoms with van der Waals surface area (Å²) in [5.74, 6) is -0.958. The Morgan fingerprint density at radius 1 is 0.947 bits per heavy atom. The van der Waals surface area contributed by atoms with Crippen molar-refractivity contribution in [2.45, 2.75) is 0 Å². The summed E-state index contributed by atoms with van der Waals surface area (Å²) in [7, 11) is 0. The molecule has 0 spiro atoms. The molecular formula is C16H10O3. The Morgan fingerprint density at radius 3 is 2.42 bits per heavy atom. The third kappa shape index (κ3) is 1.76. The minimum absolute atomic E-state index is 0.283. The van der Waals surface area contributed by atoms with Gasteiger partial charge in [-0.15, -0.1) is 0 Å². The van der Waals surface area contributed by atoms with Crippen molar-refractivity contribution in [3.63, 3.8) is 0 Å². The maximum absolute atomic E-state index is 11.5. The number of carboxylic acid groups (broad SMARTS) is 1. The van der Waals surface area contributed by atoms with E-state index in [9.17, 15) is 14.7 Å². The molecule has 0 amide bonds. The molecule has 0 saturated carbocycles. The zero-order valence-corrected chi connectivity index (χ0v) is 9.96. The van der Waals surface area contributed by atoms with E-state index in [-0.39, 0.29) is 5.56 Å². The molecule has 3 nitrogen and oxygen atoms in total. The molecule has 0 aliphatic rings. The van der Waals surface area contributed by atoms with Gasteiger partial charge in [0.2, 0.25) is 0 Å². The van der Waals surface area contributed by atoms with Crippen LogP contribution < -0.4 is 0 Å². The van der Waals surface area contributed by atoms with Crippen LogP contribution in [0.15, 0.2) is 48.5 Å². The number of fused-ring (bicyclic) bond motifs is 2. The minimum atomic E-state index is -0.958. The van der Waals surface area contributed by atoms with E-state index in [2.05, 4.69) is 0 Å². The summed E-state index contributed by atoms with van der Waals surface area (Å²) < 4.78 is 0. The van der Waals surface area contributed by atoms with Crippen LogP contribution in [-0.4, -0.2) is 17.4 Å². The fourth-order valence-corrected chi connectivity index (χ4v) is 2.40. The lowest BCUT2D eigenvalue weighted by Gasteiger charge is -2.08. The highest BCUT2D eigenvalue weighted by molar-refractivity contribution is 6.16. The van der Waals surface area contributed by atoms with Crippen molar-refractivity contribution in [3.05, 3.63) is 59.7 Å². The number of aromatic carboxylic acids is 1. The molecule has 92 valence electrons. The van der Waals surface area contributed by atoms with E-state index in [4.69, 9.17) is 0 Å². The number of rotatable bonds is 2. The largest absolute Gasteiger partial charge is 0.478 e. The van der Waals surface area contributed by atoms with Gasteiger partial charge in [-0.1, -0.05) is 36.4 Å². The molecule has 0 radical (unpaired) electrons. The molecule has 0 unspecified atom stereocenters. The molecule has 3 rings (SSSR count). The van der Waals surface area contributed by atoms with E-state index >= 15 is 0 Å². The predicted molar refractivity (Wildman–Crippen MR) is 73.8 cm³/mol. The standard InChI is InChI=1S/C16H10O3/c17-9-10-5-6-14-12(7-10)8-11-3-1-2-4-13(11)15(14)16(18)19/h1-9H,(H,18,19). The Bertz CT molecular complexity index is 819. The highest BCUT2D eigenvalue weighted by Crippen LogP contribution is 2.29. The van der Waals surface area contributed by atoms with Gasteiger partial charge in [-0.25, -0.2) is 4.79 Å². The van der Waals surface area contributed by atoms with Gasteiger partial charge in [-0.2, -0.15) is 0 Å². The normalized spacial score (nSPS) is 10.7. The molecule has 0 aromatic heterocycles. The number of carbonyl (C=O) groups is 2. The zero-order valence-electron chi connectivity index (χ0n) is 9.96. The van der Waals surface area contributed by atoms with Crippen molar-refractivity contribution < 1.29 is 14.7 Å². The van der Waals surface area contributed by atoms with E-state index in [0.717, 1.165) is 17.1 Å². The molecule has 0 bridgehead atoms. The minimum Gasteiger partial charge on any atom is -0.478 e. The van der Waals surface area contributed by atoms with Crippen LogP contribution in [0, 0.1) is 0 Å². The van der Waals surface area contributed by atoms with Gasteiger partial charge in [0.15, 0.2) is 0 Å². The number of aldehydes is 1. The fraction of sp³-hybridized carbons (Fsp3) is 0. The number of hydrogen-bond donors (Lipinski definition) is 1. The van der Waals surface area contributed by atoms with E-state index in [1.807, 2.05) is 24.3 Å². The van der Waals surface area contributed by atoms with Gasteiger partial charge in [0, 0.05) is 5.56 Å². The Morgan fingerprint density at radius 2 is 1.68 bits per heavy atom. The Kier molecular flexibility index (Phi) is 2.53. The molecule has 0 saturated heterocycles. The lowest BCUT2D eigenvalue weighted by atomic mass is 9.96. The van der Waals surface area contributed by atoms with Gasteiger partial charge in [-0.3, -0.25) is 4.79 Å². The topological polar surface area (TPSA) is 54.4 Å². The summed E-state index contributed by atoms with van der Waals surface area (Å²) in [5.41, 5.74) is 0.824. The lowest BCUT2D eigenvalue weighted by Crippen LogP contribution is -1.99. The molecule has 3 aromatic rings. The first kappa shape index (κ1) is 11.4. The summed E-state index contributed by atoms with van der Waals surface area (Å²) in [6, 6.07) is 14.3. The fourth-order valence-electron chi connectivity index (χ4n) is 2.40. The van der Waals surface area contributed by atoms with Gasteiger partial charge in [0.05, 0.1) is 5.56 Å². The van der Waals surface area contributed by atoms with Crippen molar-refractivity contribution in [2.24, 2.45) is 0 Å². The molecule has 0 aliphatic heterocycles. The first-order chi connectivity index (χ1) is 9.20. The second-order valence-corrected chi connectivity index (χ2v) is 4.38. The van der Waals surface area contributed by atoms with Crippen molar-refractivity contribution >= 4 is 33.8 Å². The van der Waals surface area contributed by atoms with Crippen LogP contribution in [0.25, 0.3) is 21.5 Å². The molecular weight excluding hydrogens is 240 g/mol. The van der Waals surface area contributed by atoms with E-state index < -0.39 is 5.97 Å². The van der Waals surface area contributed by atoms with Crippen molar-refractivity contribution in [1.29, 1.82) is 0 Å². The maximum Gasteiger partial charge on any atom is 0.336 e. The first-order valence-electron chi connectivity index (χ1n) is 5.84. The highest BCUT2D eigenvalue weighted by atomic mass is 16.4. The number of carboxylic acids is 1. The SMILES string of the molecule is O=Cc1ccc2c(C(=O)O)c3ccccc3cc2c1. The van der Waals surface area contributed by atoms with Crippen molar-refractivity contribution in [1.82, 2.24) is 0 Å². The van der Waals surface area contributed by atoms with Gasteiger partial charge < -0.3 is 5.11 Å². The molecule has 0 aliphatic carbocycles. The smallest absolute Gasteiger partial charge is 0.336 e. The van der Waals surface area contributed by atoms with Crippen LogP contribution >= 0.6 is 0 Å². The van der Waals surface area contributed by atoms with E-state index in [1.165, 1.54) is 0 Å². The second-order valence-electron chi connectivity index (χ2n) is 4.38. The first-order valence-corrected chi connectivity index (χ1v) is 5.84. The predicted octanol–water partition coefficient (Wildman–Crippen LogP) is 3.50. The summed E-state index contributed by atoms with van der Waals surface area (Å²) in [6.07, 6.45) is 0.759. The molecule has 0 heterocycles. The average molecular weight is 250 g/mol. The molecule has 1 N–H and O–H groups in total. The summed E-state index contributed by atoms with van der Waals surface area (Å²) in [4.78, 5) is 22.3. The van der Waals surface area contributed by atoms with Crippen LogP contribution in [-0.2, 0) is 0 Å². The third-order valence-electron chi connectivity index (χ3n) is 3.24. The van der Waals surface area contributed by atoms with Gasteiger partial charge >= 0.3 is 5.97 Å². The van der Waals surface area contributed by atoms with Crippen LogP contribution in [0.3, 0.4) is 0 Å². The molecule has 19 heavy (non-hydrogen) atoms. The Labute approximate surface area is 109 Å². The number of hydrogen-bond acceptors (Lipinski definition) is 2. The zero-order chi connectivity index (χ0) is 13.4. The second kappa shape index (κ2) is 4.21. The summed E-state index contributed by atoms with van der Waals surface area (Å²) in [6.45, 7) is 0. The van der Waals surface area contributed by atoms with Crippen LogP contribution in [0.1, 0.15) is 20.7 Å².